The molecular weight excluding hydrogens is 295 g/mol. The summed E-state index contributed by atoms with van der Waals surface area (Å²) in [5.41, 5.74) is 0.488. The Bertz CT molecular complexity index is 695. The van der Waals surface area contributed by atoms with E-state index in [4.69, 9.17) is 4.74 Å². The molecule has 0 unspecified atom stereocenters. The standard InChI is InChI=1S/C16H12F3NO2/c17-16(18,19)12-5-7-13(8-6-12)20-9-11-3-1-2-4-14(11)22-10-15(20)21/h1-8H,9-10H2. The minimum atomic E-state index is -4.39. The lowest BCUT2D eigenvalue weighted by Gasteiger charge is -2.20. The van der Waals surface area contributed by atoms with Crippen molar-refractivity contribution in [1.29, 1.82) is 0 Å². The molecule has 0 atom stereocenters. The van der Waals surface area contributed by atoms with Crippen LogP contribution in [0.4, 0.5) is 18.9 Å². The second-order valence-corrected chi connectivity index (χ2v) is 4.92. The van der Waals surface area contributed by atoms with Gasteiger partial charge in [-0.2, -0.15) is 13.2 Å². The molecule has 2 aromatic carbocycles. The van der Waals surface area contributed by atoms with Crippen LogP contribution in [0.2, 0.25) is 0 Å². The first-order valence-corrected chi connectivity index (χ1v) is 6.63. The van der Waals surface area contributed by atoms with E-state index < -0.39 is 11.7 Å². The van der Waals surface area contributed by atoms with E-state index in [0.29, 0.717) is 11.4 Å². The highest BCUT2D eigenvalue weighted by Crippen LogP contribution is 2.32. The summed E-state index contributed by atoms with van der Waals surface area (Å²) < 4.78 is 43.2. The number of rotatable bonds is 1. The zero-order chi connectivity index (χ0) is 15.7. The second-order valence-electron chi connectivity index (χ2n) is 4.92. The number of carbonyl (C=O) groups is 1. The van der Waals surface area contributed by atoms with Gasteiger partial charge in [0, 0.05) is 11.3 Å². The van der Waals surface area contributed by atoms with Crippen molar-refractivity contribution in [2.75, 3.05) is 11.5 Å². The molecule has 0 N–H and O–H groups in total. The molecule has 22 heavy (non-hydrogen) atoms. The van der Waals surface area contributed by atoms with E-state index >= 15 is 0 Å². The molecule has 1 aliphatic rings. The zero-order valence-corrected chi connectivity index (χ0v) is 11.4. The number of para-hydroxylation sites is 1. The third kappa shape index (κ3) is 2.77. The lowest BCUT2D eigenvalue weighted by atomic mass is 10.1. The molecule has 0 fully saturated rings. The maximum atomic E-state index is 12.6. The molecule has 1 aliphatic heterocycles. The van der Waals surface area contributed by atoms with E-state index in [-0.39, 0.29) is 19.1 Å². The van der Waals surface area contributed by atoms with Crippen molar-refractivity contribution in [3.05, 3.63) is 59.7 Å². The number of carbonyl (C=O) groups excluding carboxylic acids is 1. The number of hydrogen-bond acceptors (Lipinski definition) is 2. The van der Waals surface area contributed by atoms with Crippen molar-refractivity contribution in [1.82, 2.24) is 0 Å². The summed E-state index contributed by atoms with van der Waals surface area (Å²) in [6.07, 6.45) is -4.39. The number of anilines is 1. The van der Waals surface area contributed by atoms with Gasteiger partial charge in [-0.15, -0.1) is 0 Å². The fourth-order valence-corrected chi connectivity index (χ4v) is 2.32. The summed E-state index contributed by atoms with van der Waals surface area (Å²) in [6.45, 7) is 0.123. The van der Waals surface area contributed by atoms with Crippen molar-refractivity contribution in [2.24, 2.45) is 0 Å². The Morgan fingerprint density at radius 2 is 1.68 bits per heavy atom. The number of nitrogens with zero attached hydrogens (tertiary/aromatic N) is 1. The molecule has 2 aromatic rings. The Morgan fingerprint density at radius 1 is 1.00 bits per heavy atom. The van der Waals surface area contributed by atoms with E-state index in [1.54, 1.807) is 12.1 Å². The Hall–Kier alpha value is -2.50. The van der Waals surface area contributed by atoms with Crippen LogP contribution in [0.25, 0.3) is 0 Å². The molecule has 3 nitrogen and oxygen atoms in total. The van der Waals surface area contributed by atoms with E-state index in [0.717, 1.165) is 17.7 Å². The molecule has 0 aromatic heterocycles. The van der Waals surface area contributed by atoms with Crippen LogP contribution in [0.15, 0.2) is 48.5 Å². The highest BCUT2D eigenvalue weighted by Gasteiger charge is 2.30. The smallest absolute Gasteiger partial charge is 0.416 e. The Morgan fingerprint density at radius 3 is 2.36 bits per heavy atom. The molecule has 0 aliphatic carbocycles. The lowest BCUT2D eigenvalue weighted by molar-refractivity contribution is -0.137. The van der Waals surface area contributed by atoms with Crippen molar-refractivity contribution < 1.29 is 22.7 Å². The number of halogens is 3. The minimum Gasteiger partial charge on any atom is -0.483 e. The molecule has 3 rings (SSSR count). The van der Waals surface area contributed by atoms with Crippen LogP contribution in [-0.2, 0) is 17.5 Å². The first kappa shape index (κ1) is 14.4. The molecule has 0 bridgehead atoms. The van der Waals surface area contributed by atoms with Gasteiger partial charge in [0.15, 0.2) is 6.61 Å². The first-order chi connectivity index (χ1) is 10.4. The lowest BCUT2D eigenvalue weighted by Crippen LogP contribution is -2.32. The van der Waals surface area contributed by atoms with Crippen LogP contribution in [0.3, 0.4) is 0 Å². The van der Waals surface area contributed by atoms with Crippen molar-refractivity contribution in [3.8, 4) is 5.75 Å². The van der Waals surface area contributed by atoms with Crippen LogP contribution in [0.5, 0.6) is 5.75 Å². The average Bonchev–Trinajstić information content (AvgIpc) is 2.66. The normalized spacial score (nSPS) is 15.0. The highest BCUT2D eigenvalue weighted by atomic mass is 19.4. The average molecular weight is 307 g/mol. The van der Waals surface area contributed by atoms with Gasteiger partial charge in [0.05, 0.1) is 12.1 Å². The van der Waals surface area contributed by atoms with E-state index in [2.05, 4.69) is 0 Å². The van der Waals surface area contributed by atoms with Crippen LogP contribution in [-0.4, -0.2) is 12.5 Å². The summed E-state index contributed by atoms with van der Waals surface area (Å²) in [7, 11) is 0. The van der Waals surface area contributed by atoms with Crippen molar-refractivity contribution in [3.63, 3.8) is 0 Å². The first-order valence-electron chi connectivity index (χ1n) is 6.63. The number of benzene rings is 2. The molecule has 0 saturated heterocycles. The third-order valence-corrected chi connectivity index (χ3v) is 3.46. The highest BCUT2D eigenvalue weighted by molar-refractivity contribution is 5.95. The zero-order valence-electron chi connectivity index (χ0n) is 11.4. The predicted molar refractivity (Wildman–Crippen MR) is 74.6 cm³/mol. The number of ether oxygens (including phenoxy) is 1. The third-order valence-electron chi connectivity index (χ3n) is 3.46. The van der Waals surface area contributed by atoms with E-state index in [1.165, 1.54) is 17.0 Å². The van der Waals surface area contributed by atoms with Crippen LogP contribution in [0.1, 0.15) is 11.1 Å². The number of fused-ring (bicyclic) bond motifs is 1. The summed E-state index contributed by atoms with van der Waals surface area (Å²) >= 11 is 0. The molecule has 0 radical (unpaired) electrons. The van der Waals surface area contributed by atoms with Gasteiger partial charge in [0.2, 0.25) is 0 Å². The summed E-state index contributed by atoms with van der Waals surface area (Å²) in [5.74, 6) is 0.321. The molecule has 0 saturated carbocycles. The van der Waals surface area contributed by atoms with Crippen LogP contribution >= 0.6 is 0 Å². The van der Waals surface area contributed by atoms with Gasteiger partial charge in [-0.25, -0.2) is 0 Å². The van der Waals surface area contributed by atoms with Gasteiger partial charge in [0.25, 0.3) is 5.91 Å². The maximum absolute atomic E-state index is 12.6. The van der Waals surface area contributed by atoms with E-state index in [1.807, 2.05) is 12.1 Å². The number of amides is 1. The fourth-order valence-electron chi connectivity index (χ4n) is 2.32. The van der Waals surface area contributed by atoms with Crippen molar-refractivity contribution >= 4 is 11.6 Å². The molecule has 114 valence electrons. The Labute approximate surface area is 124 Å². The molecule has 1 amide bonds. The maximum Gasteiger partial charge on any atom is 0.416 e. The van der Waals surface area contributed by atoms with Gasteiger partial charge < -0.3 is 9.64 Å². The minimum absolute atomic E-state index is 0.141. The Kier molecular flexibility index (Phi) is 3.52. The van der Waals surface area contributed by atoms with Gasteiger partial charge in [-0.05, 0) is 30.3 Å². The van der Waals surface area contributed by atoms with Gasteiger partial charge in [-0.3, -0.25) is 4.79 Å². The molecule has 6 heteroatoms. The molecule has 1 heterocycles. The fraction of sp³-hybridized carbons (Fsp3) is 0.188. The van der Waals surface area contributed by atoms with Crippen LogP contribution < -0.4 is 9.64 Å². The number of hydrogen-bond donors (Lipinski definition) is 0. The monoisotopic (exact) mass is 307 g/mol. The van der Waals surface area contributed by atoms with Crippen molar-refractivity contribution in [2.45, 2.75) is 12.7 Å². The predicted octanol–water partition coefficient (Wildman–Crippen LogP) is 3.63. The largest absolute Gasteiger partial charge is 0.483 e. The summed E-state index contributed by atoms with van der Waals surface area (Å²) in [6, 6.07) is 11.8. The molecular formula is C16H12F3NO2. The van der Waals surface area contributed by atoms with Crippen LogP contribution in [0, 0.1) is 0 Å². The topological polar surface area (TPSA) is 29.5 Å². The summed E-state index contributed by atoms with van der Waals surface area (Å²) in [5, 5.41) is 0. The quantitative estimate of drug-likeness (QED) is 0.805. The van der Waals surface area contributed by atoms with Gasteiger partial charge >= 0.3 is 6.18 Å². The van der Waals surface area contributed by atoms with Gasteiger partial charge in [-0.1, -0.05) is 18.2 Å². The second kappa shape index (κ2) is 5.36. The SMILES string of the molecule is O=C1COc2ccccc2CN1c1ccc(C(F)(F)F)cc1. The van der Waals surface area contributed by atoms with Gasteiger partial charge in [0.1, 0.15) is 5.75 Å². The van der Waals surface area contributed by atoms with E-state index in [9.17, 15) is 18.0 Å². The Balaban J connectivity index is 1.92. The summed E-state index contributed by atoms with van der Waals surface area (Å²) in [4.78, 5) is 13.6. The number of alkyl halides is 3. The molecule has 0 spiro atoms.